The first-order chi connectivity index (χ1) is 26.3. The summed E-state index contributed by atoms with van der Waals surface area (Å²) in [7, 11) is 1.51. The third-order valence-corrected chi connectivity index (χ3v) is 12.4. The van der Waals surface area contributed by atoms with E-state index in [2.05, 4.69) is 4.90 Å². The zero-order valence-corrected chi connectivity index (χ0v) is 29.9. The van der Waals surface area contributed by atoms with Crippen LogP contribution in [0.2, 0.25) is 0 Å². The Bertz CT molecular complexity index is 2230. The highest BCUT2D eigenvalue weighted by atomic mass is 16.5. The van der Waals surface area contributed by atoms with Gasteiger partial charge in [-0.25, -0.2) is 0 Å². The van der Waals surface area contributed by atoms with Gasteiger partial charge in [-0.15, -0.1) is 0 Å². The molecule has 5 aliphatic rings. The molecule has 9 rings (SSSR count). The highest BCUT2D eigenvalue weighted by Crippen LogP contribution is 2.64. The normalized spacial score (nSPS) is 27.8. The van der Waals surface area contributed by atoms with Crippen LogP contribution in [0.5, 0.6) is 11.5 Å². The minimum absolute atomic E-state index is 0.00453. The minimum atomic E-state index is -1.39. The first-order valence-electron chi connectivity index (χ1n) is 18.6. The van der Waals surface area contributed by atoms with Crippen molar-refractivity contribution in [2.75, 3.05) is 43.2 Å². The topological polar surface area (TPSA) is 113 Å². The van der Waals surface area contributed by atoms with Crippen LogP contribution >= 0.6 is 0 Å². The zero-order chi connectivity index (χ0) is 37.1. The summed E-state index contributed by atoms with van der Waals surface area (Å²) < 4.78 is 11.4. The van der Waals surface area contributed by atoms with Crippen molar-refractivity contribution in [3.8, 4) is 11.5 Å². The summed E-state index contributed by atoms with van der Waals surface area (Å²) in [6, 6.07) is 31.0. The lowest BCUT2D eigenvalue weighted by Crippen LogP contribution is -2.58. The van der Waals surface area contributed by atoms with E-state index in [-0.39, 0.29) is 35.6 Å². The van der Waals surface area contributed by atoms with Crippen LogP contribution in [0.15, 0.2) is 121 Å². The number of ketones is 2. The number of anilines is 2. The van der Waals surface area contributed by atoms with E-state index in [1.807, 2.05) is 91.0 Å². The number of amides is 2. The molecule has 3 fully saturated rings. The number of phenolic OH excluding ortho intramolecular Hbond substituents is 1. The maximum absolute atomic E-state index is 15.2. The summed E-state index contributed by atoms with van der Waals surface area (Å²) >= 11 is 0. The molecule has 3 aliphatic carbocycles. The van der Waals surface area contributed by atoms with Crippen molar-refractivity contribution in [1.29, 1.82) is 0 Å². The fourth-order valence-electron chi connectivity index (χ4n) is 10.0. The summed E-state index contributed by atoms with van der Waals surface area (Å²) in [5.74, 6) is -4.06. The lowest BCUT2D eigenvalue weighted by atomic mass is 9.44. The monoisotopic (exact) mass is 720 g/mol. The number of hydrogen-bond acceptors (Lipinski definition) is 8. The predicted octanol–water partition coefficient (Wildman–Crippen LogP) is 6.27. The lowest BCUT2D eigenvalue weighted by molar-refractivity contribution is -0.135. The Morgan fingerprint density at radius 2 is 1.48 bits per heavy atom. The van der Waals surface area contributed by atoms with Gasteiger partial charge < -0.3 is 19.5 Å². The fourth-order valence-corrected chi connectivity index (χ4v) is 10.0. The van der Waals surface area contributed by atoms with Gasteiger partial charge in [0.25, 0.3) is 0 Å². The van der Waals surface area contributed by atoms with Gasteiger partial charge in [-0.3, -0.25) is 24.1 Å². The van der Waals surface area contributed by atoms with Gasteiger partial charge in [-0.2, -0.15) is 0 Å². The van der Waals surface area contributed by atoms with Crippen LogP contribution in [0, 0.1) is 23.7 Å². The second-order valence-electron chi connectivity index (χ2n) is 14.8. The van der Waals surface area contributed by atoms with E-state index >= 15 is 9.59 Å². The van der Waals surface area contributed by atoms with E-state index in [1.165, 1.54) is 24.2 Å². The summed E-state index contributed by atoms with van der Waals surface area (Å²) in [6.07, 6.45) is 4.05. The van der Waals surface area contributed by atoms with E-state index < -0.39 is 35.0 Å². The number of Topliss-reactive ketones (excluding diaryl/α,β-unsaturated/α-hetero) is 1. The van der Waals surface area contributed by atoms with Gasteiger partial charge in [-0.1, -0.05) is 78.4 Å². The number of methoxy groups -OCH3 is 1. The molecular formula is C45H40N2O7. The van der Waals surface area contributed by atoms with Gasteiger partial charge in [0.05, 0.1) is 43.3 Å². The summed E-state index contributed by atoms with van der Waals surface area (Å²) in [6.45, 7) is 2.82. The van der Waals surface area contributed by atoms with Crippen LogP contribution < -0.4 is 14.5 Å². The van der Waals surface area contributed by atoms with Crippen molar-refractivity contribution in [2.24, 2.45) is 23.7 Å². The molecule has 0 radical (unpaired) electrons. The molecule has 2 amide bonds. The second-order valence-corrected chi connectivity index (χ2v) is 14.8. The largest absolute Gasteiger partial charge is 0.508 e. The zero-order valence-electron chi connectivity index (χ0n) is 29.9. The average Bonchev–Trinajstić information content (AvgIpc) is 3.48. The van der Waals surface area contributed by atoms with Gasteiger partial charge >= 0.3 is 0 Å². The van der Waals surface area contributed by atoms with E-state index in [1.54, 1.807) is 12.1 Å². The van der Waals surface area contributed by atoms with Crippen LogP contribution in [0.1, 0.15) is 35.4 Å². The second kappa shape index (κ2) is 13.2. The summed E-state index contributed by atoms with van der Waals surface area (Å²) in [5, 5.41) is 10.6. The lowest BCUT2D eigenvalue weighted by Gasteiger charge is -2.55. The first kappa shape index (κ1) is 34.0. The number of rotatable bonds is 6. The number of phenols is 1. The van der Waals surface area contributed by atoms with Crippen LogP contribution in [0.25, 0.3) is 5.57 Å². The molecule has 0 aromatic heterocycles. The number of aromatic hydroxyl groups is 1. The molecule has 9 heteroatoms. The van der Waals surface area contributed by atoms with Gasteiger partial charge in [0.1, 0.15) is 11.5 Å². The molecule has 9 nitrogen and oxygen atoms in total. The molecule has 2 heterocycles. The van der Waals surface area contributed by atoms with Crippen molar-refractivity contribution >= 4 is 40.3 Å². The van der Waals surface area contributed by atoms with Crippen molar-refractivity contribution in [2.45, 2.75) is 24.2 Å². The molecule has 1 N–H and O–H groups in total. The molecular weight excluding hydrogens is 681 g/mol. The number of hydrogen-bond donors (Lipinski definition) is 1. The quantitative estimate of drug-likeness (QED) is 0.183. The van der Waals surface area contributed by atoms with Crippen molar-refractivity contribution in [1.82, 2.24) is 0 Å². The van der Waals surface area contributed by atoms with E-state index in [4.69, 9.17) is 9.47 Å². The summed E-state index contributed by atoms with van der Waals surface area (Å²) in [4.78, 5) is 63.0. The Kier molecular flexibility index (Phi) is 8.34. The highest BCUT2D eigenvalue weighted by molar-refractivity contribution is 6.32. The van der Waals surface area contributed by atoms with E-state index in [0.717, 1.165) is 24.4 Å². The molecule has 2 saturated heterocycles. The molecule has 54 heavy (non-hydrogen) atoms. The molecule has 272 valence electrons. The van der Waals surface area contributed by atoms with Crippen LogP contribution in [-0.4, -0.2) is 61.9 Å². The third-order valence-electron chi connectivity index (χ3n) is 12.4. The SMILES string of the molecule is COc1cc(O)ccc1[C@H]1C2=CC[C@@H]3C(=O)N(c4ccc(N5CCOCC5)cc4)C(=O)[C@@H]3[C@@H]2C[C@H]2C(=O)C(c3ccccc3)=CC(=O)[C@@]12c1ccccc1. The van der Waals surface area contributed by atoms with Crippen LogP contribution in [-0.2, 0) is 29.3 Å². The Balaban J connectivity index is 1.20. The van der Waals surface area contributed by atoms with Crippen molar-refractivity contribution in [3.63, 3.8) is 0 Å². The molecule has 4 aromatic carbocycles. The van der Waals surface area contributed by atoms with E-state index in [9.17, 15) is 14.7 Å². The number of carbonyl (C=O) groups excluding carboxylic acids is 4. The predicted molar refractivity (Wildman–Crippen MR) is 203 cm³/mol. The number of carbonyl (C=O) groups is 4. The number of nitrogens with zero attached hydrogens (tertiary/aromatic N) is 2. The molecule has 0 unspecified atom stereocenters. The number of allylic oxidation sites excluding steroid dienone is 4. The molecule has 6 atom stereocenters. The van der Waals surface area contributed by atoms with Crippen molar-refractivity contribution < 1.29 is 33.8 Å². The molecule has 1 saturated carbocycles. The molecule has 4 aromatic rings. The number of ether oxygens (including phenoxy) is 2. The molecule has 0 bridgehead atoms. The number of imide groups is 1. The van der Waals surface area contributed by atoms with Gasteiger partial charge in [-0.05, 0) is 66.3 Å². The Labute approximate surface area is 313 Å². The Morgan fingerprint density at radius 3 is 2.19 bits per heavy atom. The Hall–Kier alpha value is -5.80. The first-order valence-corrected chi connectivity index (χ1v) is 18.6. The van der Waals surface area contributed by atoms with E-state index in [0.29, 0.717) is 53.3 Å². The minimum Gasteiger partial charge on any atom is -0.508 e. The average molecular weight is 721 g/mol. The fraction of sp³-hybridized carbons (Fsp3) is 0.289. The van der Waals surface area contributed by atoms with Gasteiger partial charge in [0, 0.05) is 47.8 Å². The molecule has 2 aliphatic heterocycles. The maximum Gasteiger partial charge on any atom is 0.238 e. The van der Waals surface area contributed by atoms with Crippen LogP contribution in [0.4, 0.5) is 11.4 Å². The standard InChI is InChI=1S/C45H40N2O7/c1-53-38-24-31(48)16-17-33(38)41-32-18-19-34-40(44(52)47(43(34)51)30-14-12-29(13-15-30)46-20-22-54-23-21-46)36(32)25-37-42(50)35(27-8-4-2-5-9-27)26-39(49)45(37,41)28-10-6-3-7-11-28/h2-18,24,26,34,36-37,40-41,48H,19-23,25H2,1H3/t34-,36+,37-,40-,41+,45-/m0/s1. The number of morpholine rings is 1. The summed E-state index contributed by atoms with van der Waals surface area (Å²) in [5.41, 5.74) is 3.27. The maximum atomic E-state index is 15.2. The smallest absolute Gasteiger partial charge is 0.238 e. The third kappa shape index (κ3) is 5.09. The van der Waals surface area contributed by atoms with Crippen molar-refractivity contribution in [3.05, 3.63) is 138 Å². The Morgan fingerprint density at radius 1 is 0.796 bits per heavy atom. The number of fused-ring (bicyclic) bond motifs is 4. The molecule has 0 spiro atoms. The van der Waals surface area contributed by atoms with Crippen LogP contribution in [0.3, 0.4) is 0 Å². The van der Waals surface area contributed by atoms with Gasteiger partial charge in [0.2, 0.25) is 11.8 Å². The number of benzene rings is 4. The van der Waals surface area contributed by atoms with Gasteiger partial charge in [0.15, 0.2) is 11.6 Å². The highest BCUT2D eigenvalue weighted by Gasteiger charge is 2.66.